The maximum Gasteiger partial charge on any atom is 0.273 e. The van der Waals surface area contributed by atoms with E-state index < -0.39 is 5.91 Å². The fourth-order valence-corrected chi connectivity index (χ4v) is 5.73. The van der Waals surface area contributed by atoms with Crippen molar-refractivity contribution < 1.29 is 14.0 Å². The summed E-state index contributed by atoms with van der Waals surface area (Å²) in [5.74, 6) is -0.332. The summed E-state index contributed by atoms with van der Waals surface area (Å²) in [7, 11) is 0. The first-order chi connectivity index (χ1) is 20.7. The van der Waals surface area contributed by atoms with Crippen molar-refractivity contribution in [1.82, 2.24) is 9.88 Å². The molecule has 43 heavy (non-hydrogen) atoms. The van der Waals surface area contributed by atoms with Crippen LogP contribution in [0.5, 0.6) is 0 Å². The lowest BCUT2D eigenvalue weighted by Gasteiger charge is -2.11. The molecule has 214 valence electrons. The number of hydrogen-bond acceptors (Lipinski definition) is 6. The zero-order valence-corrected chi connectivity index (χ0v) is 24.6. The maximum absolute atomic E-state index is 14.0. The van der Waals surface area contributed by atoms with Crippen molar-refractivity contribution in [2.75, 3.05) is 5.32 Å². The van der Waals surface area contributed by atoms with Crippen LogP contribution in [0, 0.1) is 32.1 Å². The van der Waals surface area contributed by atoms with E-state index in [1.165, 1.54) is 10.8 Å². The highest BCUT2D eigenvalue weighted by Gasteiger charge is 2.19. The Balaban J connectivity index is 1.60. The molecule has 8 nitrogen and oxygen atoms in total. The van der Waals surface area contributed by atoms with Crippen LogP contribution < -0.4 is 25.4 Å². The van der Waals surface area contributed by atoms with E-state index in [1.54, 1.807) is 48.5 Å². The molecule has 3 aromatic carbocycles. The minimum absolute atomic E-state index is 0.0933. The predicted molar refractivity (Wildman–Crippen MR) is 167 cm³/mol. The lowest BCUT2D eigenvalue weighted by atomic mass is 10.1. The Hall–Kier alpha value is -5.46. The van der Waals surface area contributed by atoms with Crippen molar-refractivity contribution in [2.24, 2.45) is 0 Å². The molecule has 9 heteroatoms. The minimum Gasteiger partial charge on any atom is -0.467 e. The van der Waals surface area contributed by atoms with Crippen LogP contribution in [0.4, 0.5) is 5.69 Å². The van der Waals surface area contributed by atoms with Crippen LogP contribution in [0.15, 0.2) is 94.3 Å². The fourth-order valence-electron chi connectivity index (χ4n) is 4.64. The van der Waals surface area contributed by atoms with Crippen LogP contribution in [0.3, 0.4) is 0 Å². The number of amides is 2. The number of carbonyl (C=O) groups is 2. The van der Waals surface area contributed by atoms with E-state index in [-0.39, 0.29) is 28.2 Å². The summed E-state index contributed by atoms with van der Waals surface area (Å²) in [6, 6.07) is 25.5. The highest BCUT2D eigenvalue weighted by Crippen LogP contribution is 2.17. The predicted octanol–water partition coefficient (Wildman–Crippen LogP) is 4.49. The molecule has 0 aliphatic rings. The van der Waals surface area contributed by atoms with Gasteiger partial charge < -0.3 is 15.1 Å². The Morgan fingerprint density at radius 2 is 1.70 bits per heavy atom. The molecule has 2 amide bonds. The summed E-state index contributed by atoms with van der Waals surface area (Å²) < 4.78 is 7.27. The number of para-hydroxylation sites is 1. The first-order valence-corrected chi connectivity index (χ1v) is 14.3. The molecule has 0 atom stereocenters. The SMILES string of the molecule is Cc1ccc(C(=O)Nc2cccc(/C=c3\s/c(=C(\C#N)C(=O)NCc4ccco4)n(-c4c(C)cccc4C)c3=O)c2)cc1. The van der Waals surface area contributed by atoms with E-state index in [9.17, 15) is 19.6 Å². The fraction of sp³-hybridized carbons (Fsp3) is 0.118. The molecular formula is C34H28N4O4S. The van der Waals surface area contributed by atoms with E-state index in [2.05, 4.69) is 10.6 Å². The first-order valence-electron chi connectivity index (χ1n) is 13.5. The average molecular weight is 589 g/mol. The minimum atomic E-state index is -0.618. The van der Waals surface area contributed by atoms with Crippen molar-refractivity contribution in [2.45, 2.75) is 27.3 Å². The Kier molecular flexibility index (Phi) is 8.51. The highest BCUT2D eigenvalue weighted by molar-refractivity contribution is 7.07. The van der Waals surface area contributed by atoms with Crippen molar-refractivity contribution in [3.8, 4) is 11.8 Å². The van der Waals surface area contributed by atoms with Crippen molar-refractivity contribution >= 4 is 40.5 Å². The monoisotopic (exact) mass is 588 g/mol. The quantitative estimate of drug-likeness (QED) is 0.291. The van der Waals surface area contributed by atoms with Crippen LogP contribution in [0.25, 0.3) is 17.3 Å². The lowest BCUT2D eigenvalue weighted by Crippen LogP contribution is -2.34. The van der Waals surface area contributed by atoms with E-state index >= 15 is 0 Å². The zero-order chi connectivity index (χ0) is 30.5. The number of rotatable bonds is 7. The number of benzene rings is 3. The topological polar surface area (TPSA) is 117 Å². The van der Waals surface area contributed by atoms with Gasteiger partial charge in [-0.25, -0.2) is 0 Å². The first kappa shape index (κ1) is 29.0. The third-order valence-electron chi connectivity index (χ3n) is 6.80. The van der Waals surface area contributed by atoms with Crippen molar-refractivity contribution in [3.05, 3.63) is 138 Å². The summed E-state index contributed by atoms with van der Waals surface area (Å²) >= 11 is 1.06. The Labute approximate surface area is 251 Å². The molecule has 5 rings (SSSR count). The summed E-state index contributed by atoms with van der Waals surface area (Å²) in [5.41, 5.74) is 4.53. The van der Waals surface area contributed by atoms with Crippen LogP contribution in [-0.4, -0.2) is 16.4 Å². The van der Waals surface area contributed by atoms with Gasteiger partial charge in [0.05, 0.1) is 23.0 Å². The van der Waals surface area contributed by atoms with Gasteiger partial charge in [-0.2, -0.15) is 5.26 Å². The summed E-state index contributed by atoms with van der Waals surface area (Å²) in [6.07, 6.45) is 3.19. The molecule has 2 N–H and O–H groups in total. The number of aryl methyl sites for hydroxylation is 3. The van der Waals surface area contributed by atoms with Crippen LogP contribution in [0.1, 0.15) is 38.4 Å². The number of nitriles is 1. The molecule has 0 spiro atoms. The number of thiazole rings is 1. The van der Waals surface area contributed by atoms with Gasteiger partial charge in [-0.15, -0.1) is 11.3 Å². The molecular weight excluding hydrogens is 560 g/mol. The van der Waals surface area contributed by atoms with Gasteiger partial charge in [0.25, 0.3) is 17.4 Å². The molecule has 0 aliphatic carbocycles. The van der Waals surface area contributed by atoms with Gasteiger partial charge in [0, 0.05) is 11.3 Å². The molecule has 2 heterocycles. The average Bonchev–Trinajstić information content (AvgIpc) is 3.61. The summed E-state index contributed by atoms with van der Waals surface area (Å²) in [6.45, 7) is 5.80. The van der Waals surface area contributed by atoms with E-state index in [0.717, 1.165) is 28.0 Å². The van der Waals surface area contributed by atoms with Gasteiger partial charge in [0.2, 0.25) is 0 Å². The number of aromatic nitrogens is 1. The molecule has 0 bridgehead atoms. The number of hydrogen-bond donors (Lipinski definition) is 2. The Morgan fingerprint density at radius 1 is 0.977 bits per heavy atom. The van der Waals surface area contributed by atoms with Crippen LogP contribution in [-0.2, 0) is 11.3 Å². The van der Waals surface area contributed by atoms with E-state index in [0.29, 0.717) is 32.8 Å². The molecule has 0 radical (unpaired) electrons. The highest BCUT2D eigenvalue weighted by atomic mass is 32.1. The largest absolute Gasteiger partial charge is 0.467 e. The molecule has 5 aromatic rings. The van der Waals surface area contributed by atoms with Crippen LogP contribution >= 0.6 is 11.3 Å². The number of furan rings is 1. The van der Waals surface area contributed by atoms with Gasteiger partial charge in [0.15, 0.2) is 5.57 Å². The zero-order valence-electron chi connectivity index (χ0n) is 23.8. The number of nitrogens with zero attached hydrogens (tertiary/aromatic N) is 2. The summed E-state index contributed by atoms with van der Waals surface area (Å²) in [4.78, 5) is 39.9. The second-order valence-electron chi connectivity index (χ2n) is 9.99. The lowest BCUT2D eigenvalue weighted by molar-refractivity contribution is -0.115. The van der Waals surface area contributed by atoms with Crippen molar-refractivity contribution in [3.63, 3.8) is 0 Å². The Bertz CT molecular complexity index is 2030. The summed E-state index contributed by atoms with van der Waals surface area (Å²) in [5, 5.41) is 15.7. The van der Waals surface area contributed by atoms with Gasteiger partial charge in [-0.05, 0) is 79.9 Å². The second kappa shape index (κ2) is 12.6. The molecule has 0 saturated heterocycles. The van der Waals surface area contributed by atoms with Crippen molar-refractivity contribution in [1.29, 1.82) is 5.26 Å². The Morgan fingerprint density at radius 3 is 2.37 bits per heavy atom. The maximum atomic E-state index is 14.0. The number of anilines is 1. The third-order valence-corrected chi connectivity index (χ3v) is 7.89. The van der Waals surface area contributed by atoms with E-state index in [1.807, 2.05) is 63.2 Å². The number of nitrogens with one attached hydrogen (secondary N) is 2. The van der Waals surface area contributed by atoms with Gasteiger partial charge in [-0.3, -0.25) is 19.0 Å². The molecule has 0 fully saturated rings. The van der Waals surface area contributed by atoms with Gasteiger partial charge in [-0.1, -0.05) is 48.0 Å². The molecule has 0 unspecified atom stereocenters. The smallest absolute Gasteiger partial charge is 0.273 e. The second-order valence-corrected chi connectivity index (χ2v) is 11.0. The number of carbonyl (C=O) groups excluding carboxylic acids is 2. The molecule has 0 aliphatic heterocycles. The van der Waals surface area contributed by atoms with Gasteiger partial charge >= 0.3 is 0 Å². The van der Waals surface area contributed by atoms with E-state index in [4.69, 9.17) is 4.42 Å². The third kappa shape index (κ3) is 6.40. The molecule has 0 saturated carbocycles. The van der Waals surface area contributed by atoms with Gasteiger partial charge in [0.1, 0.15) is 16.5 Å². The van der Waals surface area contributed by atoms with Crippen LogP contribution in [0.2, 0.25) is 0 Å². The molecule has 2 aromatic heterocycles. The standard InChI is InChI=1S/C34H28N4O4S/c1-21-12-14-25(15-13-21)31(39)37-26-10-5-9-24(17-26)18-29-33(41)38(30-22(2)7-4-8-23(30)3)34(43-29)28(19-35)32(40)36-20-27-11-6-16-42-27/h4-18H,20H2,1-3H3,(H,36,40)(H,37,39)/b29-18-,34-28+. The normalized spacial score (nSPS) is 12.0.